The van der Waals surface area contributed by atoms with E-state index in [2.05, 4.69) is 82.5 Å². The first-order valence-corrected chi connectivity index (χ1v) is 18.4. The summed E-state index contributed by atoms with van der Waals surface area (Å²) in [6.07, 6.45) is -4.52. The van der Waals surface area contributed by atoms with E-state index in [1.165, 1.54) is 23.3 Å². The van der Waals surface area contributed by atoms with Gasteiger partial charge < -0.3 is 4.57 Å². The molecule has 274 valence electrons. The quantitative estimate of drug-likeness (QED) is 0.177. The third-order valence-corrected chi connectivity index (χ3v) is 10.2. The average Bonchev–Trinajstić information content (AvgIpc) is 3.50. The van der Waals surface area contributed by atoms with E-state index in [0.29, 0.717) is 34.2 Å². The highest BCUT2D eigenvalue weighted by Gasteiger charge is 2.31. The summed E-state index contributed by atoms with van der Waals surface area (Å²) in [6, 6.07) is 43.9. The summed E-state index contributed by atoms with van der Waals surface area (Å²) in [7, 11) is 0. The normalized spacial score (nSPS) is 12.5. The number of rotatable bonds is 5. The van der Waals surface area contributed by atoms with Gasteiger partial charge in [0.1, 0.15) is 0 Å². The summed E-state index contributed by atoms with van der Waals surface area (Å²) < 4.78 is 44.9. The summed E-state index contributed by atoms with van der Waals surface area (Å²) in [5, 5.41) is 2.24. The van der Waals surface area contributed by atoms with Crippen LogP contribution in [0.4, 0.5) is 13.2 Å². The lowest BCUT2D eigenvalue weighted by molar-refractivity contribution is -0.137. The molecule has 0 aliphatic carbocycles. The summed E-state index contributed by atoms with van der Waals surface area (Å²) in [5.41, 5.74) is 7.57. The molecule has 0 N–H and O–H groups in total. The maximum absolute atomic E-state index is 14.2. The molecule has 55 heavy (non-hydrogen) atoms. The topological polar surface area (TPSA) is 43.6 Å². The third kappa shape index (κ3) is 6.91. The Morgan fingerprint density at radius 3 is 1.40 bits per heavy atom. The molecular formula is C48H41F3N4. The lowest BCUT2D eigenvalue weighted by Crippen LogP contribution is -2.10. The molecule has 2 aromatic heterocycles. The monoisotopic (exact) mass is 730 g/mol. The van der Waals surface area contributed by atoms with Crippen molar-refractivity contribution >= 4 is 21.8 Å². The largest absolute Gasteiger partial charge is 0.416 e. The molecule has 0 spiro atoms. The van der Waals surface area contributed by atoms with E-state index in [0.717, 1.165) is 44.7 Å². The Hall–Kier alpha value is -6.08. The van der Waals surface area contributed by atoms with E-state index in [1.807, 2.05) is 78.9 Å². The highest BCUT2D eigenvalue weighted by molar-refractivity contribution is 6.10. The first-order chi connectivity index (χ1) is 26.1. The fourth-order valence-corrected chi connectivity index (χ4v) is 7.13. The fraction of sp³-hybridized carbons (Fsp3) is 0.188. The van der Waals surface area contributed by atoms with Crippen LogP contribution in [-0.2, 0) is 17.0 Å². The zero-order valence-electron chi connectivity index (χ0n) is 31.7. The number of benzene rings is 6. The number of nitrogens with zero attached hydrogens (tertiary/aromatic N) is 4. The molecule has 0 aliphatic rings. The lowest BCUT2D eigenvalue weighted by atomic mass is 9.85. The molecule has 0 atom stereocenters. The Balaban J connectivity index is 1.42. The van der Waals surface area contributed by atoms with E-state index in [1.54, 1.807) is 6.07 Å². The Morgan fingerprint density at radius 2 is 0.909 bits per heavy atom. The van der Waals surface area contributed by atoms with E-state index < -0.39 is 11.7 Å². The van der Waals surface area contributed by atoms with Crippen molar-refractivity contribution in [2.45, 2.75) is 58.5 Å². The Kier molecular flexibility index (Phi) is 8.71. The molecule has 0 radical (unpaired) electrons. The van der Waals surface area contributed by atoms with Gasteiger partial charge in [-0.05, 0) is 87.7 Å². The van der Waals surface area contributed by atoms with Gasteiger partial charge in [-0.25, -0.2) is 15.0 Å². The van der Waals surface area contributed by atoms with Crippen LogP contribution in [0.5, 0.6) is 0 Å². The van der Waals surface area contributed by atoms with Gasteiger partial charge in [-0.1, -0.05) is 126 Å². The zero-order chi connectivity index (χ0) is 38.7. The number of hydrogen-bond donors (Lipinski definition) is 0. The van der Waals surface area contributed by atoms with Crippen LogP contribution in [-0.4, -0.2) is 19.5 Å². The molecule has 0 unspecified atom stereocenters. The van der Waals surface area contributed by atoms with Crippen molar-refractivity contribution < 1.29 is 13.2 Å². The molecule has 0 bridgehead atoms. The molecule has 8 rings (SSSR count). The Morgan fingerprint density at radius 1 is 0.418 bits per heavy atom. The van der Waals surface area contributed by atoms with Crippen molar-refractivity contribution in [3.05, 3.63) is 156 Å². The molecular weight excluding hydrogens is 690 g/mol. The number of aromatic nitrogens is 4. The second kappa shape index (κ2) is 13.3. The first-order valence-electron chi connectivity index (χ1n) is 18.4. The molecule has 7 heteroatoms. The van der Waals surface area contributed by atoms with Gasteiger partial charge >= 0.3 is 6.18 Å². The number of fused-ring (bicyclic) bond motifs is 3. The second-order valence-corrected chi connectivity index (χ2v) is 16.1. The van der Waals surface area contributed by atoms with Gasteiger partial charge in [-0.2, -0.15) is 13.2 Å². The molecule has 4 nitrogen and oxygen atoms in total. The summed E-state index contributed by atoms with van der Waals surface area (Å²) in [6.45, 7) is 13.3. The summed E-state index contributed by atoms with van der Waals surface area (Å²) >= 11 is 0. The maximum atomic E-state index is 14.2. The highest BCUT2D eigenvalue weighted by atomic mass is 19.4. The minimum Gasteiger partial charge on any atom is -0.309 e. The third-order valence-electron chi connectivity index (χ3n) is 10.2. The minimum atomic E-state index is -4.52. The van der Waals surface area contributed by atoms with E-state index in [-0.39, 0.29) is 10.8 Å². The number of halogens is 3. The summed E-state index contributed by atoms with van der Waals surface area (Å²) in [4.78, 5) is 14.8. The van der Waals surface area contributed by atoms with Crippen LogP contribution in [0.15, 0.2) is 140 Å². The van der Waals surface area contributed by atoms with E-state index in [9.17, 15) is 13.2 Å². The SMILES string of the molecule is CC(C)(C)c1ccc2c(c1)c1cc(C(C)(C)C)ccc1n2-c1ccc(-c2nc(-c3ccccc3)nc(-c3ccccc3)n2)c(-c2cccc(C(F)(F)F)c2)c1. The van der Waals surface area contributed by atoms with Gasteiger partial charge in [-0.15, -0.1) is 0 Å². The zero-order valence-corrected chi connectivity index (χ0v) is 31.7. The van der Waals surface area contributed by atoms with E-state index in [4.69, 9.17) is 15.0 Å². The van der Waals surface area contributed by atoms with Crippen molar-refractivity contribution in [3.8, 4) is 51.0 Å². The van der Waals surface area contributed by atoms with Crippen molar-refractivity contribution in [1.82, 2.24) is 19.5 Å². The van der Waals surface area contributed by atoms with Crippen molar-refractivity contribution in [2.24, 2.45) is 0 Å². The molecule has 8 aromatic rings. The lowest BCUT2D eigenvalue weighted by Gasteiger charge is -2.19. The van der Waals surface area contributed by atoms with Crippen LogP contribution in [0.1, 0.15) is 58.2 Å². The standard InChI is InChI=1S/C48H41F3N4/c1-46(2,3)33-20-24-41-39(27-33)40-28-34(47(4,5)6)21-25-42(40)55(41)36-22-23-37(38(29-36)32-18-13-19-35(26-32)48(49,50)51)45-53-43(30-14-9-7-10-15-30)52-44(54-45)31-16-11-8-12-17-31/h7-29H,1-6H3. The molecule has 0 amide bonds. The second-order valence-electron chi connectivity index (χ2n) is 16.1. The van der Waals surface area contributed by atoms with Gasteiger partial charge in [0.15, 0.2) is 17.5 Å². The minimum absolute atomic E-state index is 0.0652. The van der Waals surface area contributed by atoms with E-state index >= 15 is 0 Å². The Labute approximate surface area is 319 Å². The van der Waals surface area contributed by atoms with Crippen molar-refractivity contribution in [3.63, 3.8) is 0 Å². The van der Waals surface area contributed by atoms with Gasteiger partial charge in [0.25, 0.3) is 0 Å². The molecule has 0 aliphatic heterocycles. The molecule has 0 saturated heterocycles. The van der Waals surface area contributed by atoms with Crippen LogP contribution >= 0.6 is 0 Å². The molecule has 6 aromatic carbocycles. The summed E-state index contributed by atoms with van der Waals surface area (Å²) in [5.74, 6) is 1.30. The molecule has 0 fully saturated rings. The first kappa shape index (κ1) is 35.9. The predicted molar refractivity (Wildman–Crippen MR) is 218 cm³/mol. The van der Waals surface area contributed by atoms with Crippen LogP contribution in [0, 0.1) is 0 Å². The fourth-order valence-electron chi connectivity index (χ4n) is 7.13. The van der Waals surface area contributed by atoms with Gasteiger partial charge in [0, 0.05) is 33.2 Å². The van der Waals surface area contributed by atoms with Crippen LogP contribution in [0.3, 0.4) is 0 Å². The van der Waals surface area contributed by atoms with Crippen LogP contribution < -0.4 is 0 Å². The van der Waals surface area contributed by atoms with Gasteiger partial charge in [0.2, 0.25) is 0 Å². The van der Waals surface area contributed by atoms with Crippen LogP contribution in [0.2, 0.25) is 0 Å². The predicted octanol–water partition coefficient (Wildman–Crippen LogP) is 13.3. The highest BCUT2D eigenvalue weighted by Crippen LogP contribution is 2.41. The molecule has 2 heterocycles. The van der Waals surface area contributed by atoms with Crippen molar-refractivity contribution in [1.29, 1.82) is 0 Å². The average molecular weight is 731 g/mol. The van der Waals surface area contributed by atoms with Gasteiger partial charge in [0.05, 0.1) is 16.6 Å². The Bertz CT molecular complexity index is 2570. The number of hydrogen-bond acceptors (Lipinski definition) is 3. The van der Waals surface area contributed by atoms with Crippen LogP contribution in [0.25, 0.3) is 72.8 Å². The molecule has 0 saturated carbocycles. The maximum Gasteiger partial charge on any atom is 0.416 e. The van der Waals surface area contributed by atoms with Gasteiger partial charge in [-0.3, -0.25) is 0 Å². The number of alkyl halides is 3. The smallest absolute Gasteiger partial charge is 0.309 e. The van der Waals surface area contributed by atoms with Crippen molar-refractivity contribution in [2.75, 3.05) is 0 Å².